The van der Waals surface area contributed by atoms with Crippen LogP contribution in [0.5, 0.6) is 0 Å². The lowest BCUT2D eigenvalue weighted by Gasteiger charge is -2.37. The van der Waals surface area contributed by atoms with Crippen LogP contribution < -0.4 is 0 Å². The van der Waals surface area contributed by atoms with Gasteiger partial charge in [0.2, 0.25) is 0 Å². The molecule has 4 rings (SSSR count). The van der Waals surface area contributed by atoms with Gasteiger partial charge in [-0.3, -0.25) is 14.9 Å². The standard InChI is InChI=1S/C22H15Cl3N2O3/c1-22(14-4-6-15(23)7-5-14)18-11-20(25)19(24)10-17(18)21(28)26(22)12-13-2-8-16(9-3-13)27(29)30/h2-11H,12H2,1H3. The third-order valence-corrected chi connectivity index (χ3v) is 6.47. The summed E-state index contributed by atoms with van der Waals surface area (Å²) in [5.41, 5.74) is 2.01. The summed E-state index contributed by atoms with van der Waals surface area (Å²) in [5.74, 6) is -0.195. The summed E-state index contributed by atoms with van der Waals surface area (Å²) >= 11 is 18.5. The second-order valence-corrected chi connectivity index (χ2v) is 8.46. The van der Waals surface area contributed by atoms with Gasteiger partial charge in [-0.05, 0) is 47.9 Å². The van der Waals surface area contributed by atoms with E-state index in [9.17, 15) is 14.9 Å². The minimum absolute atomic E-state index is 0.00573. The van der Waals surface area contributed by atoms with Crippen LogP contribution in [0.3, 0.4) is 0 Å². The fourth-order valence-electron chi connectivity index (χ4n) is 3.84. The van der Waals surface area contributed by atoms with Gasteiger partial charge in [0.1, 0.15) is 0 Å². The Kier molecular flexibility index (Phi) is 5.22. The highest BCUT2D eigenvalue weighted by molar-refractivity contribution is 6.42. The van der Waals surface area contributed by atoms with Crippen LogP contribution in [0.1, 0.15) is 34.0 Å². The van der Waals surface area contributed by atoms with Crippen molar-refractivity contribution in [3.8, 4) is 0 Å². The van der Waals surface area contributed by atoms with Crippen molar-refractivity contribution in [2.75, 3.05) is 0 Å². The Morgan fingerprint density at radius 3 is 2.17 bits per heavy atom. The number of hydrogen-bond acceptors (Lipinski definition) is 3. The maximum absolute atomic E-state index is 13.4. The highest BCUT2D eigenvalue weighted by atomic mass is 35.5. The molecule has 5 nitrogen and oxygen atoms in total. The summed E-state index contributed by atoms with van der Waals surface area (Å²) < 4.78 is 0. The minimum atomic E-state index is -0.826. The number of nitro benzene ring substituents is 1. The second kappa shape index (κ2) is 7.58. The molecule has 0 spiro atoms. The summed E-state index contributed by atoms with van der Waals surface area (Å²) in [6.45, 7) is 2.19. The molecule has 1 aliphatic rings. The second-order valence-electron chi connectivity index (χ2n) is 7.21. The summed E-state index contributed by atoms with van der Waals surface area (Å²) in [7, 11) is 0. The molecular weight excluding hydrogens is 447 g/mol. The van der Waals surface area contributed by atoms with Gasteiger partial charge in [-0.25, -0.2) is 0 Å². The van der Waals surface area contributed by atoms with Crippen LogP contribution in [0.2, 0.25) is 15.1 Å². The van der Waals surface area contributed by atoms with E-state index in [0.29, 0.717) is 20.6 Å². The molecule has 3 aromatic rings. The molecule has 1 unspecified atom stereocenters. The van der Waals surface area contributed by atoms with E-state index in [0.717, 1.165) is 16.7 Å². The van der Waals surface area contributed by atoms with Crippen molar-refractivity contribution in [2.24, 2.45) is 0 Å². The van der Waals surface area contributed by atoms with E-state index in [-0.39, 0.29) is 18.1 Å². The summed E-state index contributed by atoms with van der Waals surface area (Å²) in [6.07, 6.45) is 0. The quantitative estimate of drug-likeness (QED) is 0.330. The average molecular weight is 462 g/mol. The zero-order valence-corrected chi connectivity index (χ0v) is 18.0. The van der Waals surface area contributed by atoms with Crippen molar-refractivity contribution in [3.63, 3.8) is 0 Å². The zero-order valence-electron chi connectivity index (χ0n) is 15.7. The summed E-state index contributed by atoms with van der Waals surface area (Å²) in [6, 6.07) is 16.7. The number of nitrogens with zero attached hydrogens (tertiary/aromatic N) is 2. The predicted octanol–water partition coefficient (Wildman–Crippen LogP) is 6.47. The van der Waals surface area contributed by atoms with E-state index in [2.05, 4.69) is 0 Å². The van der Waals surface area contributed by atoms with Crippen molar-refractivity contribution in [2.45, 2.75) is 19.0 Å². The normalized spacial score (nSPS) is 17.9. The molecule has 30 heavy (non-hydrogen) atoms. The van der Waals surface area contributed by atoms with Gasteiger partial charge in [-0.2, -0.15) is 0 Å². The van der Waals surface area contributed by atoms with Crippen molar-refractivity contribution in [1.29, 1.82) is 0 Å². The van der Waals surface area contributed by atoms with E-state index < -0.39 is 10.5 Å². The molecule has 1 amide bonds. The van der Waals surface area contributed by atoms with E-state index in [1.165, 1.54) is 12.1 Å². The molecule has 152 valence electrons. The number of nitro groups is 1. The maximum atomic E-state index is 13.4. The molecule has 0 aromatic heterocycles. The van der Waals surface area contributed by atoms with Crippen molar-refractivity contribution in [3.05, 3.63) is 108 Å². The Labute approximate surface area is 187 Å². The Balaban J connectivity index is 1.84. The largest absolute Gasteiger partial charge is 0.321 e. The lowest BCUT2D eigenvalue weighted by Crippen LogP contribution is -2.41. The Hall–Kier alpha value is -2.60. The van der Waals surface area contributed by atoms with Crippen LogP contribution in [-0.2, 0) is 12.1 Å². The van der Waals surface area contributed by atoms with Gasteiger partial charge < -0.3 is 4.90 Å². The van der Waals surface area contributed by atoms with E-state index in [1.54, 1.807) is 41.3 Å². The number of hydrogen-bond donors (Lipinski definition) is 0. The first-order valence-corrected chi connectivity index (χ1v) is 10.2. The molecule has 3 aromatic carbocycles. The molecule has 1 aliphatic heterocycles. The lowest BCUT2D eigenvalue weighted by molar-refractivity contribution is -0.384. The van der Waals surface area contributed by atoms with E-state index in [1.807, 2.05) is 19.1 Å². The van der Waals surface area contributed by atoms with E-state index in [4.69, 9.17) is 34.8 Å². The van der Waals surface area contributed by atoms with E-state index >= 15 is 0 Å². The number of carbonyl (C=O) groups excluding carboxylic acids is 1. The van der Waals surface area contributed by atoms with Crippen LogP contribution in [0, 0.1) is 10.1 Å². The highest BCUT2D eigenvalue weighted by Crippen LogP contribution is 2.47. The number of non-ortho nitro benzene ring substituents is 1. The monoisotopic (exact) mass is 460 g/mol. The molecular formula is C22H15Cl3N2O3. The maximum Gasteiger partial charge on any atom is 0.269 e. The first-order valence-electron chi connectivity index (χ1n) is 9.02. The van der Waals surface area contributed by atoms with Crippen molar-refractivity contribution < 1.29 is 9.72 Å². The highest BCUT2D eigenvalue weighted by Gasteiger charge is 2.47. The number of amides is 1. The molecule has 1 atom stereocenters. The fourth-order valence-corrected chi connectivity index (χ4v) is 4.30. The smallest absolute Gasteiger partial charge is 0.269 e. The summed E-state index contributed by atoms with van der Waals surface area (Å²) in [4.78, 5) is 25.6. The molecule has 0 fully saturated rings. The van der Waals surface area contributed by atoms with Gasteiger partial charge in [-0.15, -0.1) is 0 Å². The number of rotatable bonds is 4. The van der Waals surface area contributed by atoms with Gasteiger partial charge in [0.15, 0.2) is 0 Å². The average Bonchev–Trinajstić information content (AvgIpc) is 2.92. The molecule has 1 heterocycles. The number of carbonyl (C=O) groups is 1. The Morgan fingerprint density at radius 2 is 1.57 bits per heavy atom. The zero-order chi connectivity index (χ0) is 21.6. The minimum Gasteiger partial charge on any atom is -0.321 e. The SMILES string of the molecule is CC1(c2ccc(Cl)cc2)c2cc(Cl)c(Cl)cc2C(=O)N1Cc1ccc([N+](=O)[O-])cc1. The lowest BCUT2D eigenvalue weighted by atomic mass is 9.84. The van der Waals surface area contributed by atoms with Gasteiger partial charge in [-0.1, -0.05) is 59.1 Å². The molecule has 0 saturated heterocycles. The van der Waals surface area contributed by atoms with Crippen LogP contribution in [-0.4, -0.2) is 15.7 Å². The first-order chi connectivity index (χ1) is 14.2. The van der Waals surface area contributed by atoms with Gasteiger partial charge in [0, 0.05) is 29.3 Å². The van der Waals surface area contributed by atoms with Crippen LogP contribution in [0.15, 0.2) is 60.7 Å². The van der Waals surface area contributed by atoms with Gasteiger partial charge in [0.05, 0.1) is 20.5 Å². The number of benzene rings is 3. The van der Waals surface area contributed by atoms with Gasteiger partial charge >= 0.3 is 0 Å². The van der Waals surface area contributed by atoms with Crippen molar-refractivity contribution in [1.82, 2.24) is 4.90 Å². The molecule has 0 radical (unpaired) electrons. The van der Waals surface area contributed by atoms with Crippen LogP contribution in [0.25, 0.3) is 0 Å². The fraction of sp³-hybridized carbons (Fsp3) is 0.136. The predicted molar refractivity (Wildman–Crippen MR) is 117 cm³/mol. The van der Waals surface area contributed by atoms with Crippen LogP contribution in [0.4, 0.5) is 5.69 Å². The molecule has 8 heteroatoms. The third kappa shape index (κ3) is 3.33. The molecule has 0 aliphatic carbocycles. The number of halogens is 3. The third-order valence-electron chi connectivity index (χ3n) is 5.49. The van der Waals surface area contributed by atoms with Gasteiger partial charge in [0.25, 0.3) is 11.6 Å². The molecule has 0 saturated carbocycles. The first kappa shape index (κ1) is 20.7. The molecule has 0 N–H and O–H groups in total. The Bertz CT molecular complexity index is 1160. The molecule has 0 bridgehead atoms. The summed E-state index contributed by atoms with van der Waals surface area (Å²) in [5, 5.41) is 12.2. The number of fused-ring (bicyclic) bond motifs is 1. The van der Waals surface area contributed by atoms with Crippen LogP contribution >= 0.6 is 34.8 Å². The van der Waals surface area contributed by atoms with Crippen molar-refractivity contribution >= 4 is 46.4 Å². The Morgan fingerprint density at radius 1 is 0.967 bits per heavy atom. The topological polar surface area (TPSA) is 63.5 Å².